The molecule has 1 atom stereocenters. The van der Waals surface area contributed by atoms with Crippen LogP contribution in [0.3, 0.4) is 0 Å². The molecule has 0 aromatic heterocycles. The van der Waals surface area contributed by atoms with E-state index >= 15 is 0 Å². The molecular weight excluding hydrogens is 208 g/mol. The predicted molar refractivity (Wildman–Crippen MR) is 61.1 cm³/mol. The Hall–Kier alpha value is -0.650. The van der Waals surface area contributed by atoms with E-state index in [9.17, 15) is 9.90 Å². The van der Waals surface area contributed by atoms with E-state index in [2.05, 4.69) is 10.2 Å². The van der Waals surface area contributed by atoms with Crippen LogP contribution in [0.2, 0.25) is 0 Å². The third-order valence-electron chi connectivity index (χ3n) is 2.61. The lowest BCUT2D eigenvalue weighted by Crippen LogP contribution is -2.45. The van der Waals surface area contributed by atoms with Crippen molar-refractivity contribution in [3.8, 4) is 0 Å². The first kappa shape index (κ1) is 13.4. The highest BCUT2D eigenvalue weighted by molar-refractivity contribution is 5.77. The van der Waals surface area contributed by atoms with Gasteiger partial charge < -0.3 is 15.2 Å². The van der Waals surface area contributed by atoms with Crippen molar-refractivity contribution in [2.45, 2.75) is 20.0 Å². The molecule has 0 aromatic carbocycles. The van der Waals surface area contributed by atoms with Crippen LogP contribution in [0.1, 0.15) is 13.8 Å². The summed E-state index contributed by atoms with van der Waals surface area (Å²) in [7, 11) is 0. The number of nitrogens with zero attached hydrogens (tertiary/aromatic N) is 1. The van der Waals surface area contributed by atoms with Crippen molar-refractivity contribution in [1.82, 2.24) is 10.2 Å². The van der Waals surface area contributed by atoms with Crippen molar-refractivity contribution in [3.05, 3.63) is 0 Å². The van der Waals surface area contributed by atoms with Crippen LogP contribution in [0.5, 0.6) is 0 Å². The zero-order valence-electron chi connectivity index (χ0n) is 10.1. The molecule has 1 heterocycles. The fourth-order valence-corrected chi connectivity index (χ4v) is 1.57. The van der Waals surface area contributed by atoms with Crippen LogP contribution in [0.4, 0.5) is 0 Å². The SMILES string of the molecule is CC(C)C(=O)NCC(O)CN1CCOCC1. The van der Waals surface area contributed by atoms with Crippen molar-refractivity contribution in [1.29, 1.82) is 0 Å². The average Bonchev–Trinajstić information content (AvgIpc) is 2.27. The number of ether oxygens (including phenoxy) is 1. The quantitative estimate of drug-likeness (QED) is 0.665. The Bertz CT molecular complexity index is 215. The van der Waals surface area contributed by atoms with Crippen molar-refractivity contribution in [2.24, 2.45) is 5.92 Å². The molecule has 0 spiro atoms. The smallest absolute Gasteiger partial charge is 0.222 e. The first-order valence-corrected chi connectivity index (χ1v) is 5.85. The maximum absolute atomic E-state index is 11.3. The van der Waals surface area contributed by atoms with E-state index in [1.807, 2.05) is 13.8 Å². The summed E-state index contributed by atoms with van der Waals surface area (Å²) in [6.45, 7) is 7.77. The number of carbonyl (C=O) groups excluding carboxylic acids is 1. The lowest BCUT2D eigenvalue weighted by Gasteiger charge is -2.28. The highest BCUT2D eigenvalue weighted by Gasteiger charge is 2.15. The van der Waals surface area contributed by atoms with Gasteiger partial charge in [0.25, 0.3) is 0 Å². The number of rotatable bonds is 5. The summed E-state index contributed by atoms with van der Waals surface area (Å²) >= 11 is 0. The van der Waals surface area contributed by atoms with Gasteiger partial charge in [-0.3, -0.25) is 9.69 Å². The minimum atomic E-state index is -0.499. The summed E-state index contributed by atoms with van der Waals surface area (Å²) in [6.07, 6.45) is -0.499. The highest BCUT2D eigenvalue weighted by Crippen LogP contribution is 1.98. The Kier molecular flexibility index (Phi) is 5.73. The maximum atomic E-state index is 11.3. The van der Waals surface area contributed by atoms with Crippen LogP contribution in [0.15, 0.2) is 0 Å². The van der Waals surface area contributed by atoms with E-state index in [4.69, 9.17) is 4.74 Å². The van der Waals surface area contributed by atoms with Gasteiger partial charge in [-0.1, -0.05) is 13.8 Å². The molecule has 0 radical (unpaired) electrons. The average molecular weight is 230 g/mol. The van der Waals surface area contributed by atoms with Gasteiger partial charge in [-0.2, -0.15) is 0 Å². The van der Waals surface area contributed by atoms with Gasteiger partial charge in [0.2, 0.25) is 5.91 Å². The third-order valence-corrected chi connectivity index (χ3v) is 2.61. The lowest BCUT2D eigenvalue weighted by molar-refractivity contribution is -0.124. The van der Waals surface area contributed by atoms with Gasteiger partial charge in [-0.05, 0) is 0 Å². The predicted octanol–water partition coefficient (Wildman–Crippen LogP) is -0.548. The molecule has 1 aliphatic heterocycles. The number of nitrogens with one attached hydrogen (secondary N) is 1. The molecule has 1 fully saturated rings. The summed E-state index contributed by atoms with van der Waals surface area (Å²) in [5.41, 5.74) is 0. The van der Waals surface area contributed by atoms with E-state index in [1.165, 1.54) is 0 Å². The maximum Gasteiger partial charge on any atom is 0.222 e. The second-order valence-electron chi connectivity index (χ2n) is 4.47. The number of β-amino-alcohol motifs (C(OH)–C–C–N with tert-alkyl or cyclic N) is 1. The fourth-order valence-electron chi connectivity index (χ4n) is 1.57. The second-order valence-corrected chi connectivity index (χ2v) is 4.47. The molecule has 1 aliphatic rings. The van der Waals surface area contributed by atoms with Gasteiger partial charge in [0.15, 0.2) is 0 Å². The lowest BCUT2D eigenvalue weighted by atomic mass is 10.2. The summed E-state index contributed by atoms with van der Waals surface area (Å²) in [6, 6.07) is 0. The zero-order chi connectivity index (χ0) is 12.0. The second kappa shape index (κ2) is 6.83. The number of aliphatic hydroxyl groups excluding tert-OH is 1. The van der Waals surface area contributed by atoms with Gasteiger partial charge in [-0.25, -0.2) is 0 Å². The minimum absolute atomic E-state index is 0.0129. The van der Waals surface area contributed by atoms with E-state index < -0.39 is 6.10 Å². The molecule has 1 unspecified atom stereocenters. The Morgan fingerprint density at radius 1 is 1.44 bits per heavy atom. The molecule has 16 heavy (non-hydrogen) atoms. The number of hydrogen-bond acceptors (Lipinski definition) is 4. The summed E-state index contributed by atoms with van der Waals surface area (Å²) in [5.74, 6) is -0.0448. The normalized spacial score (nSPS) is 19.8. The van der Waals surface area contributed by atoms with Gasteiger partial charge in [0.1, 0.15) is 0 Å². The third kappa shape index (κ3) is 4.92. The van der Waals surface area contributed by atoms with Crippen LogP contribution in [-0.2, 0) is 9.53 Å². The van der Waals surface area contributed by atoms with E-state index in [0.29, 0.717) is 13.1 Å². The molecule has 1 saturated heterocycles. The fraction of sp³-hybridized carbons (Fsp3) is 0.909. The van der Waals surface area contributed by atoms with Crippen molar-refractivity contribution in [2.75, 3.05) is 39.4 Å². The molecule has 2 N–H and O–H groups in total. The molecule has 0 aliphatic carbocycles. The van der Waals surface area contributed by atoms with Gasteiger partial charge in [-0.15, -0.1) is 0 Å². The molecule has 0 bridgehead atoms. The summed E-state index contributed by atoms with van der Waals surface area (Å²) in [5, 5.41) is 12.5. The number of hydrogen-bond donors (Lipinski definition) is 2. The monoisotopic (exact) mass is 230 g/mol. The highest BCUT2D eigenvalue weighted by atomic mass is 16.5. The van der Waals surface area contributed by atoms with Gasteiger partial charge >= 0.3 is 0 Å². The molecule has 94 valence electrons. The topological polar surface area (TPSA) is 61.8 Å². The summed E-state index contributed by atoms with van der Waals surface area (Å²) < 4.78 is 5.22. The van der Waals surface area contributed by atoms with Crippen LogP contribution < -0.4 is 5.32 Å². The van der Waals surface area contributed by atoms with Gasteiger partial charge in [0.05, 0.1) is 19.3 Å². The van der Waals surface area contributed by atoms with Gasteiger partial charge in [0, 0.05) is 32.1 Å². The standard InChI is InChI=1S/C11H22N2O3/c1-9(2)11(15)12-7-10(14)8-13-3-5-16-6-4-13/h9-10,14H,3-8H2,1-2H3,(H,12,15). The molecule has 5 heteroatoms. The van der Waals surface area contributed by atoms with Crippen molar-refractivity contribution < 1.29 is 14.6 Å². The van der Waals surface area contributed by atoms with Crippen LogP contribution in [0, 0.1) is 5.92 Å². The van der Waals surface area contributed by atoms with E-state index in [1.54, 1.807) is 0 Å². The molecule has 0 saturated carbocycles. The Balaban J connectivity index is 2.14. The largest absolute Gasteiger partial charge is 0.390 e. The van der Waals surface area contributed by atoms with E-state index in [0.717, 1.165) is 26.3 Å². The molecule has 1 amide bonds. The van der Waals surface area contributed by atoms with Crippen LogP contribution >= 0.6 is 0 Å². The number of morpholine rings is 1. The number of aliphatic hydroxyl groups is 1. The minimum Gasteiger partial charge on any atom is -0.390 e. The number of amides is 1. The molecule has 0 aromatic rings. The zero-order valence-corrected chi connectivity index (χ0v) is 10.1. The Morgan fingerprint density at radius 2 is 2.06 bits per heavy atom. The molecule has 5 nitrogen and oxygen atoms in total. The molecule has 1 rings (SSSR count). The van der Waals surface area contributed by atoms with Crippen LogP contribution in [0.25, 0.3) is 0 Å². The number of carbonyl (C=O) groups is 1. The van der Waals surface area contributed by atoms with Crippen LogP contribution in [-0.4, -0.2) is 61.4 Å². The Labute approximate surface area is 96.8 Å². The van der Waals surface area contributed by atoms with Crippen molar-refractivity contribution in [3.63, 3.8) is 0 Å². The van der Waals surface area contributed by atoms with E-state index in [-0.39, 0.29) is 11.8 Å². The Morgan fingerprint density at radius 3 is 2.62 bits per heavy atom. The first-order valence-electron chi connectivity index (χ1n) is 5.85. The summed E-state index contributed by atoms with van der Waals surface area (Å²) in [4.78, 5) is 13.4. The first-order chi connectivity index (χ1) is 7.59. The molecular formula is C11H22N2O3. The van der Waals surface area contributed by atoms with Crippen molar-refractivity contribution >= 4 is 5.91 Å².